The molecule has 0 aromatic heterocycles. The zero-order valence-electron chi connectivity index (χ0n) is 14.0. The Bertz CT molecular complexity index is 242. The molecular weight excluding hydrogens is 361 g/mol. The van der Waals surface area contributed by atoms with Crippen LogP contribution >= 0.6 is 41.2 Å². The molecule has 0 aromatic carbocycles. The van der Waals surface area contributed by atoms with Gasteiger partial charge >= 0.3 is 0 Å². The third-order valence-corrected chi connectivity index (χ3v) is 21.6. The molecule has 8 heteroatoms. The van der Waals surface area contributed by atoms with E-state index >= 15 is 0 Å². The van der Waals surface area contributed by atoms with Crippen molar-refractivity contribution in [3.63, 3.8) is 0 Å². The van der Waals surface area contributed by atoms with Crippen LogP contribution in [0.2, 0.25) is 26.2 Å². The highest BCUT2D eigenvalue weighted by molar-refractivity contribution is 9.26. The maximum absolute atomic E-state index is 5.74. The second kappa shape index (κ2) is 10.5. The molecule has 2 atom stereocenters. The Morgan fingerprint density at radius 1 is 0.750 bits per heavy atom. The summed E-state index contributed by atoms with van der Waals surface area (Å²) in [5, 5.41) is 0. The first-order chi connectivity index (χ1) is 9.25. The van der Waals surface area contributed by atoms with Crippen LogP contribution in [0, 0.1) is 0 Å². The molecule has 2 unspecified atom stereocenters. The molecule has 0 saturated carbocycles. The van der Waals surface area contributed by atoms with E-state index in [0.29, 0.717) is 9.75 Å². The third kappa shape index (κ3) is 7.35. The fraction of sp³-hybridized carbons (Fsp3) is 1.00. The highest BCUT2D eigenvalue weighted by Crippen LogP contribution is 2.50. The first kappa shape index (κ1) is 21.8. The summed E-state index contributed by atoms with van der Waals surface area (Å²) in [5.41, 5.74) is 0. The standard InChI is InChI=1S/C12H30O2S4Si2/c1-9-11(19(5,6)13-3)15-17-18-16-12(10-2)20(7,8)14-4/h11-12H,9-10H2,1-8H3. The second-order valence-corrected chi connectivity index (χ2v) is 21.4. The number of rotatable bonds is 11. The Kier molecular flexibility index (Phi) is 11.4. The van der Waals surface area contributed by atoms with Gasteiger partial charge in [-0.05, 0) is 58.7 Å². The van der Waals surface area contributed by atoms with Crippen molar-refractivity contribution in [1.29, 1.82) is 0 Å². The summed E-state index contributed by atoms with van der Waals surface area (Å²) in [6.07, 6.45) is 2.37. The van der Waals surface area contributed by atoms with Crippen molar-refractivity contribution in [1.82, 2.24) is 0 Å². The predicted octanol–water partition coefficient (Wildman–Crippen LogP) is 6.00. The third-order valence-electron chi connectivity index (χ3n) is 3.68. The summed E-state index contributed by atoms with van der Waals surface area (Å²) in [4.78, 5) is 1.30. The Hall–Kier alpha value is 1.75. The van der Waals surface area contributed by atoms with Crippen LogP contribution in [0.25, 0.3) is 0 Å². The van der Waals surface area contributed by atoms with Crippen molar-refractivity contribution in [3.05, 3.63) is 0 Å². The summed E-state index contributed by atoms with van der Waals surface area (Å²) in [6, 6.07) is 0. The van der Waals surface area contributed by atoms with E-state index < -0.39 is 16.6 Å². The van der Waals surface area contributed by atoms with E-state index in [-0.39, 0.29) is 0 Å². The van der Waals surface area contributed by atoms with Gasteiger partial charge in [0.15, 0.2) is 16.6 Å². The average Bonchev–Trinajstić information content (AvgIpc) is 2.42. The van der Waals surface area contributed by atoms with Gasteiger partial charge in [-0.2, -0.15) is 0 Å². The minimum Gasteiger partial charge on any atom is -0.419 e. The van der Waals surface area contributed by atoms with Crippen LogP contribution in [0.5, 0.6) is 0 Å². The molecule has 0 amide bonds. The lowest BCUT2D eigenvalue weighted by Gasteiger charge is -2.30. The predicted molar refractivity (Wildman–Crippen MR) is 108 cm³/mol. The van der Waals surface area contributed by atoms with E-state index in [1.807, 2.05) is 55.5 Å². The van der Waals surface area contributed by atoms with Crippen LogP contribution in [-0.2, 0) is 8.85 Å². The average molecular weight is 391 g/mol. The zero-order valence-corrected chi connectivity index (χ0v) is 19.3. The van der Waals surface area contributed by atoms with Gasteiger partial charge in [0.05, 0.1) is 0 Å². The summed E-state index contributed by atoms with van der Waals surface area (Å²) >= 11 is 0. The summed E-state index contributed by atoms with van der Waals surface area (Å²) in [5.74, 6) is 0. The molecule has 0 heterocycles. The number of hydrogen-bond acceptors (Lipinski definition) is 6. The van der Waals surface area contributed by atoms with Crippen LogP contribution in [0.1, 0.15) is 26.7 Å². The van der Waals surface area contributed by atoms with Gasteiger partial charge in [0.2, 0.25) is 0 Å². The number of hydrogen-bond donors (Lipinski definition) is 0. The maximum atomic E-state index is 5.74. The van der Waals surface area contributed by atoms with Gasteiger partial charge in [-0.1, -0.05) is 35.4 Å². The molecule has 0 rings (SSSR count). The molecule has 0 spiro atoms. The topological polar surface area (TPSA) is 18.5 Å². The highest BCUT2D eigenvalue weighted by Gasteiger charge is 2.34. The minimum absolute atomic E-state index is 0.651. The van der Waals surface area contributed by atoms with Crippen molar-refractivity contribution in [3.8, 4) is 0 Å². The maximum Gasteiger partial charge on any atom is 0.199 e. The molecule has 2 nitrogen and oxygen atoms in total. The quantitative estimate of drug-likeness (QED) is 0.243. The van der Waals surface area contributed by atoms with Crippen LogP contribution < -0.4 is 0 Å². The molecule has 0 aliphatic heterocycles. The van der Waals surface area contributed by atoms with Crippen molar-refractivity contribution in [2.24, 2.45) is 0 Å². The minimum atomic E-state index is -1.53. The molecule has 0 aliphatic carbocycles. The lowest BCUT2D eigenvalue weighted by molar-refractivity contribution is 0.400. The van der Waals surface area contributed by atoms with Crippen molar-refractivity contribution in [2.75, 3.05) is 14.2 Å². The van der Waals surface area contributed by atoms with Gasteiger partial charge in [0.25, 0.3) is 0 Å². The summed E-state index contributed by atoms with van der Waals surface area (Å²) in [6.45, 7) is 13.8. The molecule has 0 fully saturated rings. The van der Waals surface area contributed by atoms with Crippen LogP contribution in [0.3, 0.4) is 0 Å². The van der Waals surface area contributed by atoms with E-state index in [1.165, 1.54) is 12.8 Å². The Labute approximate surface area is 143 Å². The smallest absolute Gasteiger partial charge is 0.199 e. The van der Waals surface area contributed by atoms with Crippen molar-refractivity contribution < 1.29 is 8.85 Å². The van der Waals surface area contributed by atoms with Gasteiger partial charge in [0.1, 0.15) is 0 Å². The largest absolute Gasteiger partial charge is 0.419 e. The molecule has 20 heavy (non-hydrogen) atoms. The van der Waals surface area contributed by atoms with Crippen LogP contribution in [0.15, 0.2) is 0 Å². The van der Waals surface area contributed by atoms with Crippen molar-refractivity contribution in [2.45, 2.75) is 62.6 Å². The lowest BCUT2D eigenvalue weighted by atomic mass is 10.6. The molecule has 122 valence electrons. The van der Waals surface area contributed by atoms with Gasteiger partial charge < -0.3 is 8.85 Å². The van der Waals surface area contributed by atoms with Crippen LogP contribution in [-0.4, -0.2) is 40.6 Å². The Balaban J connectivity index is 4.18. The SMILES string of the molecule is CCC(SSSSC(CC)[Si](C)(C)OC)[Si](C)(C)OC. The lowest BCUT2D eigenvalue weighted by Crippen LogP contribution is -2.41. The van der Waals surface area contributed by atoms with E-state index in [2.05, 4.69) is 40.0 Å². The van der Waals surface area contributed by atoms with E-state index in [0.717, 1.165) is 0 Å². The fourth-order valence-electron chi connectivity index (χ4n) is 1.74. The van der Waals surface area contributed by atoms with E-state index in [4.69, 9.17) is 8.85 Å². The normalized spacial score (nSPS) is 16.2. The van der Waals surface area contributed by atoms with Gasteiger partial charge in [0, 0.05) is 24.0 Å². The molecule has 0 aliphatic rings. The van der Waals surface area contributed by atoms with E-state index in [9.17, 15) is 0 Å². The first-order valence-corrected chi connectivity index (χ1v) is 17.9. The van der Waals surface area contributed by atoms with Crippen molar-refractivity contribution >= 4 is 57.9 Å². The molecule has 0 N–H and O–H groups in total. The first-order valence-electron chi connectivity index (χ1n) is 7.00. The fourth-order valence-corrected chi connectivity index (χ4v) is 19.1. The van der Waals surface area contributed by atoms with E-state index in [1.54, 1.807) is 0 Å². The van der Waals surface area contributed by atoms with Crippen LogP contribution in [0.4, 0.5) is 0 Å². The molecular formula is C12H30O2S4Si2. The summed E-state index contributed by atoms with van der Waals surface area (Å²) in [7, 11) is 8.48. The Morgan fingerprint density at radius 2 is 1.05 bits per heavy atom. The molecule has 0 aromatic rings. The molecule has 0 bridgehead atoms. The highest BCUT2D eigenvalue weighted by atomic mass is 33.7. The monoisotopic (exact) mass is 390 g/mol. The zero-order chi connectivity index (χ0) is 15.8. The second-order valence-electron chi connectivity index (χ2n) is 5.74. The molecule has 0 radical (unpaired) electrons. The van der Waals surface area contributed by atoms with Gasteiger partial charge in [-0.15, -0.1) is 0 Å². The summed E-state index contributed by atoms with van der Waals surface area (Å²) < 4.78 is 11.5. The Morgan fingerprint density at radius 3 is 1.25 bits per heavy atom. The molecule has 0 saturated heterocycles. The van der Waals surface area contributed by atoms with Gasteiger partial charge in [-0.25, -0.2) is 0 Å². The van der Waals surface area contributed by atoms with Gasteiger partial charge in [-0.3, -0.25) is 0 Å².